The van der Waals surface area contributed by atoms with Crippen LogP contribution in [0.15, 0.2) is 72.8 Å². The normalized spacial score (nSPS) is 12.8. The van der Waals surface area contributed by atoms with E-state index >= 15 is 0 Å². The highest BCUT2D eigenvalue weighted by atomic mass is 16.5. The molecular formula is C26H23NO5. The summed E-state index contributed by atoms with van der Waals surface area (Å²) in [5.74, 6) is 0.239. The van der Waals surface area contributed by atoms with Crippen LogP contribution in [0.5, 0.6) is 11.5 Å². The second-order valence-electron chi connectivity index (χ2n) is 8.01. The second kappa shape index (κ2) is 9.06. The van der Waals surface area contributed by atoms with Crippen LogP contribution in [0.4, 0.5) is 0 Å². The summed E-state index contributed by atoms with van der Waals surface area (Å²) in [6.45, 7) is 4.26. The number of hydrogen-bond acceptors (Lipinski definition) is 5. The third kappa shape index (κ3) is 4.54. The fraction of sp³-hybridized carbons (Fsp3) is 0.192. The van der Waals surface area contributed by atoms with Gasteiger partial charge in [0.2, 0.25) is 0 Å². The number of carbonyl (C=O) groups excluding carboxylic acids is 3. The minimum absolute atomic E-state index is 0.0499. The Labute approximate surface area is 186 Å². The molecule has 3 aromatic carbocycles. The van der Waals surface area contributed by atoms with Crippen molar-refractivity contribution in [3.05, 3.63) is 95.1 Å². The molecule has 0 fully saturated rings. The van der Waals surface area contributed by atoms with Crippen LogP contribution >= 0.6 is 0 Å². The number of imide groups is 1. The van der Waals surface area contributed by atoms with Gasteiger partial charge in [0.15, 0.2) is 0 Å². The van der Waals surface area contributed by atoms with E-state index in [-0.39, 0.29) is 35.5 Å². The van der Waals surface area contributed by atoms with Gasteiger partial charge in [-0.05, 0) is 53.9 Å². The van der Waals surface area contributed by atoms with E-state index in [1.165, 1.54) is 23.1 Å². The molecule has 3 aromatic rings. The molecular weight excluding hydrogens is 406 g/mol. The van der Waals surface area contributed by atoms with Gasteiger partial charge >= 0.3 is 5.97 Å². The Morgan fingerprint density at radius 1 is 0.844 bits per heavy atom. The Morgan fingerprint density at radius 3 is 2.31 bits per heavy atom. The summed E-state index contributed by atoms with van der Waals surface area (Å²) in [7, 11) is 0. The first-order chi connectivity index (χ1) is 15.4. The first-order valence-electron chi connectivity index (χ1n) is 10.4. The van der Waals surface area contributed by atoms with Gasteiger partial charge in [-0.2, -0.15) is 0 Å². The van der Waals surface area contributed by atoms with E-state index in [0.29, 0.717) is 23.6 Å². The van der Waals surface area contributed by atoms with Gasteiger partial charge in [0, 0.05) is 6.54 Å². The summed E-state index contributed by atoms with van der Waals surface area (Å²) >= 11 is 0. The minimum atomic E-state index is -0.565. The topological polar surface area (TPSA) is 72.9 Å². The molecule has 0 saturated heterocycles. The van der Waals surface area contributed by atoms with Gasteiger partial charge in [-0.1, -0.05) is 44.2 Å². The third-order valence-corrected chi connectivity index (χ3v) is 5.00. The van der Waals surface area contributed by atoms with Gasteiger partial charge in [-0.15, -0.1) is 0 Å². The lowest BCUT2D eigenvalue weighted by Crippen LogP contribution is -2.33. The molecule has 1 heterocycles. The molecule has 1 aliphatic heterocycles. The van der Waals surface area contributed by atoms with Gasteiger partial charge in [0.05, 0.1) is 16.7 Å². The largest absolute Gasteiger partial charge is 0.457 e. The number of hydrogen-bond donors (Lipinski definition) is 0. The Balaban J connectivity index is 1.43. The zero-order valence-corrected chi connectivity index (χ0v) is 17.9. The van der Waals surface area contributed by atoms with Gasteiger partial charge in [0.1, 0.15) is 18.1 Å². The number of benzene rings is 3. The molecule has 4 rings (SSSR count). The molecule has 32 heavy (non-hydrogen) atoms. The number of ether oxygens (including phenoxy) is 2. The smallest absolute Gasteiger partial charge is 0.338 e. The van der Waals surface area contributed by atoms with Crippen LogP contribution in [0.3, 0.4) is 0 Å². The lowest BCUT2D eigenvalue weighted by atomic mass is 10.1. The highest BCUT2D eigenvalue weighted by Crippen LogP contribution is 2.26. The number of rotatable bonds is 7. The van der Waals surface area contributed by atoms with E-state index in [1.807, 2.05) is 62.4 Å². The van der Waals surface area contributed by atoms with E-state index in [9.17, 15) is 14.4 Å². The Bertz CT molecular complexity index is 1170. The number of nitrogens with zero attached hydrogens (tertiary/aromatic N) is 1. The summed E-state index contributed by atoms with van der Waals surface area (Å²) < 4.78 is 11.2. The summed E-state index contributed by atoms with van der Waals surface area (Å²) in [5.41, 5.74) is 1.55. The first kappa shape index (κ1) is 21.3. The summed E-state index contributed by atoms with van der Waals surface area (Å²) in [5, 5.41) is 0. The fourth-order valence-electron chi connectivity index (χ4n) is 3.50. The van der Waals surface area contributed by atoms with Crippen LogP contribution in [0.25, 0.3) is 0 Å². The molecule has 6 heteroatoms. The zero-order chi connectivity index (χ0) is 22.7. The van der Waals surface area contributed by atoms with E-state index in [4.69, 9.17) is 9.47 Å². The Morgan fingerprint density at radius 2 is 1.56 bits per heavy atom. The monoisotopic (exact) mass is 429 g/mol. The van der Waals surface area contributed by atoms with Crippen LogP contribution < -0.4 is 4.74 Å². The van der Waals surface area contributed by atoms with Crippen LogP contribution in [-0.2, 0) is 11.3 Å². The quantitative estimate of drug-likeness (QED) is 0.386. The van der Waals surface area contributed by atoms with Crippen molar-refractivity contribution in [1.29, 1.82) is 0 Å². The van der Waals surface area contributed by atoms with Crippen molar-refractivity contribution in [2.45, 2.75) is 20.5 Å². The number of fused-ring (bicyclic) bond motifs is 1. The Hall–Kier alpha value is -3.93. The average molecular weight is 429 g/mol. The third-order valence-electron chi connectivity index (χ3n) is 5.00. The van der Waals surface area contributed by atoms with Crippen molar-refractivity contribution < 1.29 is 23.9 Å². The van der Waals surface area contributed by atoms with Crippen LogP contribution in [0.2, 0.25) is 0 Å². The lowest BCUT2D eigenvalue weighted by molar-refractivity contribution is 0.0472. The van der Waals surface area contributed by atoms with E-state index in [1.54, 1.807) is 6.07 Å². The summed E-state index contributed by atoms with van der Waals surface area (Å²) in [6.07, 6.45) is 0. The van der Waals surface area contributed by atoms with Crippen LogP contribution in [0, 0.1) is 5.92 Å². The molecule has 1 aliphatic rings. The van der Waals surface area contributed by atoms with Crippen molar-refractivity contribution in [2.75, 3.05) is 6.54 Å². The van der Waals surface area contributed by atoms with Crippen molar-refractivity contribution in [3.8, 4) is 11.5 Å². The van der Waals surface area contributed by atoms with E-state index < -0.39 is 5.97 Å². The molecule has 2 amide bonds. The summed E-state index contributed by atoms with van der Waals surface area (Å²) in [4.78, 5) is 38.9. The molecule has 0 saturated carbocycles. The van der Waals surface area contributed by atoms with Crippen LogP contribution in [0.1, 0.15) is 50.5 Å². The van der Waals surface area contributed by atoms with Crippen molar-refractivity contribution >= 4 is 17.8 Å². The molecule has 0 N–H and O–H groups in total. The average Bonchev–Trinajstić information content (AvgIpc) is 3.02. The molecule has 0 aliphatic carbocycles. The predicted octanol–water partition coefficient (Wildman–Crippen LogP) is 5.09. The summed E-state index contributed by atoms with van der Waals surface area (Å²) in [6, 6.07) is 21.1. The predicted molar refractivity (Wildman–Crippen MR) is 119 cm³/mol. The van der Waals surface area contributed by atoms with Gasteiger partial charge in [0.25, 0.3) is 11.8 Å². The minimum Gasteiger partial charge on any atom is -0.457 e. The zero-order valence-electron chi connectivity index (χ0n) is 17.9. The maximum atomic E-state index is 12.6. The van der Waals surface area contributed by atoms with Gasteiger partial charge < -0.3 is 9.47 Å². The maximum absolute atomic E-state index is 12.6. The lowest BCUT2D eigenvalue weighted by Gasteiger charge is -2.15. The Kier molecular flexibility index (Phi) is 6.03. The van der Waals surface area contributed by atoms with Crippen LogP contribution in [-0.4, -0.2) is 29.2 Å². The van der Waals surface area contributed by atoms with Gasteiger partial charge in [-0.3, -0.25) is 14.5 Å². The van der Waals surface area contributed by atoms with Gasteiger partial charge in [-0.25, -0.2) is 4.79 Å². The standard InChI is InChI=1S/C26H23NO5/c1-17(2)15-27-24(28)22-12-11-19(14-23(22)25(27)29)26(30)31-16-18-7-6-10-21(13-18)32-20-8-4-3-5-9-20/h3-14,17H,15-16H2,1-2H3. The van der Waals surface area contributed by atoms with E-state index in [2.05, 4.69) is 0 Å². The molecule has 0 atom stereocenters. The first-order valence-corrected chi connectivity index (χ1v) is 10.4. The van der Waals surface area contributed by atoms with Crippen molar-refractivity contribution in [3.63, 3.8) is 0 Å². The molecule has 0 bridgehead atoms. The molecule has 6 nitrogen and oxygen atoms in total. The number of para-hydroxylation sites is 1. The molecule has 0 spiro atoms. The molecule has 0 unspecified atom stereocenters. The SMILES string of the molecule is CC(C)CN1C(=O)c2ccc(C(=O)OCc3cccc(Oc4ccccc4)c3)cc2C1=O. The molecule has 0 radical (unpaired) electrons. The molecule has 0 aromatic heterocycles. The van der Waals surface area contributed by atoms with E-state index in [0.717, 1.165) is 5.56 Å². The molecule has 162 valence electrons. The number of amides is 2. The van der Waals surface area contributed by atoms with Crippen molar-refractivity contribution in [1.82, 2.24) is 4.90 Å². The maximum Gasteiger partial charge on any atom is 0.338 e. The van der Waals surface area contributed by atoms with Crippen molar-refractivity contribution in [2.24, 2.45) is 5.92 Å². The number of esters is 1. The highest BCUT2D eigenvalue weighted by molar-refractivity contribution is 6.21. The fourth-order valence-corrected chi connectivity index (χ4v) is 3.50. The number of carbonyl (C=O) groups is 3. The second-order valence-corrected chi connectivity index (χ2v) is 8.01. The highest BCUT2D eigenvalue weighted by Gasteiger charge is 2.36.